The van der Waals surface area contributed by atoms with Crippen LogP contribution >= 0.6 is 0 Å². The first-order chi connectivity index (χ1) is 15.4. The lowest BCUT2D eigenvalue weighted by atomic mass is 9.98. The summed E-state index contributed by atoms with van der Waals surface area (Å²) in [5.74, 6) is -0.192. The number of nitriles is 1. The first-order valence-electron chi connectivity index (χ1n) is 10.3. The van der Waals surface area contributed by atoms with E-state index in [0.717, 1.165) is 17.5 Å². The van der Waals surface area contributed by atoms with Gasteiger partial charge in [0.1, 0.15) is 6.07 Å². The molecule has 0 atom stereocenters. The molecule has 1 aliphatic rings. The fraction of sp³-hybridized carbons (Fsp3) is 0.200. The first-order valence-corrected chi connectivity index (χ1v) is 12.2. The molecule has 1 saturated heterocycles. The third kappa shape index (κ3) is 4.36. The summed E-state index contributed by atoms with van der Waals surface area (Å²) in [6.45, 7) is 2.15. The highest BCUT2D eigenvalue weighted by Crippen LogP contribution is 2.28. The maximum atomic E-state index is 13.5. The van der Waals surface area contributed by atoms with E-state index >= 15 is 0 Å². The summed E-state index contributed by atoms with van der Waals surface area (Å²) in [5, 5.41) is 9.38. The summed E-state index contributed by atoms with van der Waals surface area (Å²) < 4.78 is 24.3. The quantitative estimate of drug-likeness (QED) is 0.613. The van der Waals surface area contributed by atoms with E-state index in [-0.39, 0.29) is 10.8 Å². The summed E-state index contributed by atoms with van der Waals surface area (Å²) >= 11 is 0. The highest BCUT2D eigenvalue weighted by Gasteiger charge is 2.26. The minimum absolute atomic E-state index is 0.127. The zero-order chi connectivity index (χ0) is 22.7. The Labute approximate surface area is 188 Å². The van der Waals surface area contributed by atoms with E-state index in [4.69, 9.17) is 0 Å². The van der Waals surface area contributed by atoms with Gasteiger partial charge in [-0.05, 0) is 35.4 Å². The van der Waals surface area contributed by atoms with Crippen LogP contribution in [0, 0.1) is 11.3 Å². The molecule has 0 aliphatic carbocycles. The van der Waals surface area contributed by atoms with Crippen molar-refractivity contribution in [1.29, 1.82) is 5.26 Å². The molecule has 1 aliphatic heterocycles. The molecule has 0 bridgehead atoms. The molecule has 7 heteroatoms. The van der Waals surface area contributed by atoms with Crippen LogP contribution in [0.15, 0.2) is 77.7 Å². The van der Waals surface area contributed by atoms with Crippen LogP contribution in [0.4, 0.5) is 5.69 Å². The number of carbonyl (C=O) groups excluding carboxylic acids is 1. The molecule has 3 aromatic carbocycles. The Bertz CT molecular complexity index is 1290. The fourth-order valence-corrected chi connectivity index (χ4v) is 4.61. The maximum Gasteiger partial charge on any atom is 0.254 e. The van der Waals surface area contributed by atoms with E-state index in [0.29, 0.717) is 42.9 Å². The van der Waals surface area contributed by atoms with Gasteiger partial charge in [-0.1, -0.05) is 48.5 Å². The van der Waals surface area contributed by atoms with Gasteiger partial charge in [0.25, 0.3) is 5.91 Å². The molecule has 6 nitrogen and oxygen atoms in total. The van der Waals surface area contributed by atoms with Gasteiger partial charge in [0.05, 0.1) is 16.1 Å². The molecule has 0 N–H and O–H groups in total. The van der Waals surface area contributed by atoms with E-state index in [1.807, 2.05) is 48.5 Å². The molecule has 1 heterocycles. The molecule has 0 saturated carbocycles. The third-order valence-corrected chi connectivity index (χ3v) is 6.78. The Balaban J connectivity index is 1.62. The van der Waals surface area contributed by atoms with Crippen LogP contribution in [0.1, 0.15) is 15.9 Å². The van der Waals surface area contributed by atoms with E-state index in [1.165, 1.54) is 6.07 Å². The number of hydrogen-bond donors (Lipinski definition) is 0. The predicted molar refractivity (Wildman–Crippen MR) is 124 cm³/mol. The van der Waals surface area contributed by atoms with Crippen LogP contribution < -0.4 is 4.90 Å². The van der Waals surface area contributed by atoms with Crippen molar-refractivity contribution < 1.29 is 13.2 Å². The zero-order valence-electron chi connectivity index (χ0n) is 17.7. The van der Waals surface area contributed by atoms with Gasteiger partial charge in [-0.15, -0.1) is 0 Å². The molecule has 0 spiro atoms. The SMILES string of the molecule is CS(=O)(=O)c1ccc(-c2ccccc2)c(C(=O)N2CCN(c3ccccc3C#N)CC2)c1. The van der Waals surface area contributed by atoms with Crippen LogP contribution in [0.25, 0.3) is 11.1 Å². The van der Waals surface area contributed by atoms with Crippen LogP contribution in [0.5, 0.6) is 0 Å². The lowest BCUT2D eigenvalue weighted by Gasteiger charge is -2.36. The average molecular weight is 446 g/mol. The zero-order valence-corrected chi connectivity index (χ0v) is 18.5. The number of piperazine rings is 1. The van der Waals surface area contributed by atoms with Gasteiger partial charge in [0, 0.05) is 38.0 Å². The van der Waals surface area contributed by atoms with Crippen molar-refractivity contribution in [2.24, 2.45) is 0 Å². The van der Waals surface area contributed by atoms with Crippen molar-refractivity contribution >= 4 is 21.4 Å². The molecule has 162 valence electrons. The number of amides is 1. The van der Waals surface area contributed by atoms with Crippen molar-refractivity contribution in [3.8, 4) is 17.2 Å². The Morgan fingerprint density at radius 2 is 1.56 bits per heavy atom. The number of nitrogens with zero attached hydrogens (tertiary/aromatic N) is 3. The first kappa shape index (κ1) is 21.6. The maximum absolute atomic E-state index is 13.5. The minimum atomic E-state index is -3.45. The smallest absolute Gasteiger partial charge is 0.254 e. The Morgan fingerprint density at radius 1 is 0.906 bits per heavy atom. The largest absolute Gasteiger partial charge is 0.367 e. The number of hydrogen-bond acceptors (Lipinski definition) is 5. The van der Waals surface area contributed by atoms with E-state index in [9.17, 15) is 18.5 Å². The predicted octanol–water partition coefficient (Wildman–Crippen LogP) is 3.59. The van der Waals surface area contributed by atoms with Crippen molar-refractivity contribution in [2.75, 3.05) is 37.3 Å². The van der Waals surface area contributed by atoms with E-state index in [1.54, 1.807) is 23.1 Å². The molecule has 0 aromatic heterocycles. The van der Waals surface area contributed by atoms with Crippen LogP contribution in [-0.4, -0.2) is 51.7 Å². The van der Waals surface area contributed by atoms with Gasteiger partial charge in [0.2, 0.25) is 0 Å². The number of sulfone groups is 1. The lowest BCUT2D eigenvalue weighted by Crippen LogP contribution is -2.49. The van der Waals surface area contributed by atoms with E-state index < -0.39 is 9.84 Å². The minimum Gasteiger partial charge on any atom is -0.367 e. The second-order valence-corrected chi connectivity index (χ2v) is 9.77. The number of carbonyl (C=O) groups is 1. The van der Waals surface area contributed by atoms with Crippen LogP contribution in [0.2, 0.25) is 0 Å². The fourth-order valence-electron chi connectivity index (χ4n) is 3.97. The number of rotatable bonds is 4. The lowest BCUT2D eigenvalue weighted by molar-refractivity contribution is 0.0747. The summed E-state index contributed by atoms with van der Waals surface area (Å²) in [6.07, 6.45) is 1.14. The number of benzene rings is 3. The molecule has 32 heavy (non-hydrogen) atoms. The van der Waals surface area contributed by atoms with Crippen molar-refractivity contribution in [3.63, 3.8) is 0 Å². The number of anilines is 1. The molecule has 0 radical (unpaired) electrons. The highest BCUT2D eigenvalue weighted by atomic mass is 32.2. The normalized spacial score (nSPS) is 14.1. The monoisotopic (exact) mass is 445 g/mol. The van der Waals surface area contributed by atoms with Gasteiger partial charge in [0.15, 0.2) is 9.84 Å². The van der Waals surface area contributed by atoms with Gasteiger partial charge < -0.3 is 9.80 Å². The average Bonchev–Trinajstić information content (AvgIpc) is 2.83. The second kappa shape index (κ2) is 8.85. The molecule has 1 amide bonds. The van der Waals surface area contributed by atoms with Gasteiger partial charge >= 0.3 is 0 Å². The van der Waals surface area contributed by atoms with E-state index in [2.05, 4.69) is 11.0 Å². The topological polar surface area (TPSA) is 81.5 Å². The number of para-hydroxylation sites is 1. The summed E-state index contributed by atoms with van der Waals surface area (Å²) in [4.78, 5) is 17.5. The molecule has 0 unspecified atom stereocenters. The molecular weight excluding hydrogens is 422 g/mol. The van der Waals surface area contributed by atoms with Gasteiger partial charge in [-0.25, -0.2) is 8.42 Å². The van der Waals surface area contributed by atoms with Crippen molar-refractivity contribution in [1.82, 2.24) is 4.90 Å². The van der Waals surface area contributed by atoms with Crippen LogP contribution in [0.3, 0.4) is 0 Å². The molecule has 1 fully saturated rings. The summed E-state index contributed by atoms with van der Waals surface area (Å²) in [5.41, 5.74) is 3.42. The van der Waals surface area contributed by atoms with Crippen molar-refractivity contribution in [3.05, 3.63) is 83.9 Å². The second-order valence-electron chi connectivity index (χ2n) is 7.75. The standard InChI is InChI=1S/C25H23N3O3S/c1-32(30,31)21-11-12-22(19-7-3-2-4-8-19)23(17-21)25(29)28-15-13-27(14-16-28)24-10-6-5-9-20(24)18-26/h2-12,17H,13-16H2,1H3. The van der Waals surface area contributed by atoms with Gasteiger partial charge in [-0.2, -0.15) is 5.26 Å². The molecule has 3 aromatic rings. The Kier molecular flexibility index (Phi) is 5.97. The van der Waals surface area contributed by atoms with Gasteiger partial charge in [-0.3, -0.25) is 4.79 Å². The van der Waals surface area contributed by atoms with Crippen LogP contribution in [-0.2, 0) is 9.84 Å². The summed E-state index contributed by atoms with van der Waals surface area (Å²) in [6, 6.07) is 23.9. The third-order valence-electron chi connectivity index (χ3n) is 5.67. The molecular formula is C25H23N3O3S. The Morgan fingerprint density at radius 3 is 2.22 bits per heavy atom. The highest BCUT2D eigenvalue weighted by molar-refractivity contribution is 7.90. The van der Waals surface area contributed by atoms with Crippen molar-refractivity contribution in [2.45, 2.75) is 4.90 Å². The summed E-state index contributed by atoms with van der Waals surface area (Å²) in [7, 11) is -3.45. The molecule has 4 rings (SSSR count). The Hall–Kier alpha value is -3.63.